The van der Waals surface area contributed by atoms with Gasteiger partial charge >= 0.3 is 0 Å². The standard InChI is InChI=1S/C23H25ClFN7O/c1-14-9-22(29-28-14)26-21-12-17(13-31-5-7-33-8-6-31)32-23(27-21)18(15(2)30-32)10-16-3-4-19(24)20(25)11-16/h3-4,9,11-12H,5-8,10,13H2,1-2H3,(H2,26,27,28,29). The highest BCUT2D eigenvalue weighted by molar-refractivity contribution is 6.30. The molecule has 1 aliphatic heterocycles. The lowest BCUT2D eigenvalue weighted by atomic mass is 10.1. The summed E-state index contributed by atoms with van der Waals surface area (Å²) in [5, 5.41) is 15.4. The highest BCUT2D eigenvalue weighted by Crippen LogP contribution is 2.25. The Morgan fingerprint density at radius 3 is 2.70 bits per heavy atom. The predicted molar refractivity (Wildman–Crippen MR) is 125 cm³/mol. The van der Waals surface area contributed by atoms with Gasteiger partial charge in [-0.1, -0.05) is 17.7 Å². The summed E-state index contributed by atoms with van der Waals surface area (Å²) in [6, 6.07) is 8.81. The molecule has 0 unspecified atom stereocenters. The van der Waals surface area contributed by atoms with Crippen LogP contribution < -0.4 is 5.32 Å². The van der Waals surface area contributed by atoms with Crippen molar-refractivity contribution >= 4 is 28.9 Å². The summed E-state index contributed by atoms with van der Waals surface area (Å²) >= 11 is 5.87. The highest BCUT2D eigenvalue weighted by atomic mass is 35.5. The van der Waals surface area contributed by atoms with Crippen molar-refractivity contribution < 1.29 is 9.13 Å². The van der Waals surface area contributed by atoms with Crippen LogP contribution in [0, 0.1) is 19.7 Å². The molecule has 1 saturated heterocycles. The monoisotopic (exact) mass is 469 g/mol. The van der Waals surface area contributed by atoms with E-state index >= 15 is 0 Å². The molecule has 0 spiro atoms. The molecular formula is C23H25ClFN7O. The molecule has 1 aromatic carbocycles. The summed E-state index contributed by atoms with van der Waals surface area (Å²) in [5.74, 6) is 0.945. The fourth-order valence-electron chi connectivity index (χ4n) is 4.07. The van der Waals surface area contributed by atoms with Crippen LogP contribution in [0.25, 0.3) is 5.65 Å². The SMILES string of the molecule is Cc1cc(Nc2cc(CN3CCOCC3)n3nc(C)c(Cc4ccc(Cl)c(F)c4)c3n2)n[nH]1. The molecule has 0 bridgehead atoms. The van der Waals surface area contributed by atoms with E-state index in [9.17, 15) is 4.39 Å². The summed E-state index contributed by atoms with van der Waals surface area (Å²) in [4.78, 5) is 7.20. The lowest BCUT2D eigenvalue weighted by molar-refractivity contribution is 0.0334. The maximum atomic E-state index is 14.1. The molecule has 5 rings (SSSR count). The Bertz CT molecular complexity index is 1300. The third-order valence-corrected chi connectivity index (χ3v) is 6.08. The van der Waals surface area contributed by atoms with Gasteiger partial charge in [-0.2, -0.15) is 10.2 Å². The van der Waals surface area contributed by atoms with Crippen molar-refractivity contribution in [2.24, 2.45) is 0 Å². The summed E-state index contributed by atoms with van der Waals surface area (Å²) in [6.07, 6.45) is 0.498. The predicted octanol–water partition coefficient (Wildman–Crippen LogP) is 4.03. The molecular weight excluding hydrogens is 445 g/mol. The van der Waals surface area contributed by atoms with E-state index in [2.05, 4.69) is 20.4 Å². The molecule has 10 heteroatoms. The van der Waals surface area contributed by atoms with Crippen LogP contribution in [0.3, 0.4) is 0 Å². The Kier molecular flexibility index (Phi) is 6.01. The van der Waals surface area contributed by atoms with Gasteiger partial charge in [0.05, 0.1) is 29.6 Å². The molecule has 0 radical (unpaired) electrons. The number of nitrogens with zero attached hydrogens (tertiary/aromatic N) is 5. The highest BCUT2D eigenvalue weighted by Gasteiger charge is 2.19. The van der Waals surface area contributed by atoms with Crippen molar-refractivity contribution in [2.45, 2.75) is 26.8 Å². The zero-order chi connectivity index (χ0) is 22.9. The van der Waals surface area contributed by atoms with Crippen LogP contribution in [0.4, 0.5) is 16.0 Å². The Balaban J connectivity index is 1.56. The van der Waals surface area contributed by atoms with Gasteiger partial charge in [-0.25, -0.2) is 13.9 Å². The number of H-pyrrole nitrogens is 1. The lowest BCUT2D eigenvalue weighted by Crippen LogP contribution is -2.36. The third kappa shape index (κ3) is 4.71. The molecule has 1 fully saturated rings. The van der Waals surface area contributed by atoms with E-state index < -0.39 is 5.82 Å². The Hall–Kier alpha value is -3.01. The molecule has 8 nitrogen and oxygen atoms in total. The van der Waals surface area contributed by atoms with E-state index in [0.717, 1.165) is 60.2 Å². The maximum absolute atomic E-state index is 14.1. The van der Waals surface area contributed by atoms with Crippen molar-refractivity contribution in [1.29, 1.82) is 0 Å². The number of halogens is 2. The molecule has 3 aromatic heterocycles. The Morgan fingerprint density at radius 2 is 1.97 bits per heavy atom. The van der Waals surface area contributed by atoms with Gasteiger partial charge in [0, 0.05) is 49.4 Å². The van der Waals surface area contributed by atoms with E-state index in [0.29, 0.717) is 24.6 Å². The molecule has 4 aromatic rings. The minimum Gasteiger partial charge on any atom is -0.379 e. The molecule has 0 saturated carbocycles. The molecule has 0 amide bonds. The fraction of sp³-hybridized carbons (Fsp3) is 0.348. The van der Waals surface area contributed by atoms with E-state index in [1.165, 1.54) is 6.07 Å². The van der Waals surface area contributed by atoms with Gasteiger partial charge in [-0.3, -0.25) is 10.00 Å². The lowest BCUT2D eigenvalue weighted by Gasteiger charge is -2.26. The van der Waals surface area contributed by atoms with E-state index in [-0.39, 0.29) is 5.02 Å². The zero-order valence-corrected chi connectivity index (χ0v) is 19.3. The quantitative estimate of drug-likeness (QED) is 0.443. The number of ether oxygens (including phenoxy) is 1. The van der Waals surface area contributed by atoms with Crippen LogP contribution in [-0.2, 0) is 17.7 Å². The van der Waals surface area contributed by atoms with Crippen molar-refractivity contribution in [3.8, 4) is 0 Å². The minimum atomic E-state index is -0.430. The largest absolute Gasteiger partial charge is 0.379 e. The van der Waals surface area contributed by atoms with Gasteiger partial charge < -0.3 is 10.1 Å². The van der Waals surface area contributed by atoms with Crippen molar-refractivity contribution in [1.82, 2.24) is 29.7 Å². The molecule has 172 valence electrons. The molecule has 4 heterocycles. The first-order valence-corrected chi connectivity index (χ1v) is 11.3. The van der Waals surface area contributed by atoms with Gasteiger partial charge in [-0.05, 0) is 31.5 Å². The number of aromatic amines is 1. The number of hydrogen-bond acceptors (Lipinski definition) is 6. The van der Waals surface area contributed by atoms with Gasteiger partial charge in [0.25, 0.3) is 0 Å². The third-order valence-electron chi connectivity index (χ3n) is 5.78. The summed E-state index contributed by atoms with van der Waals surface area (Å²) < 4.78 is 21.4. The average Bonchev–Trinajstić information content (AvgIpc) is 3.34. The van der Waals surface area contributed by atoms with E-state index in [1.54, 1.807) is 6.07 Å². The molecule has 0 atom stereocenters. The summed E-state index contributed by atoms with van der Waals surface area (Å²) in [6.45, 7) is 7.79. The first kappa shape index (κ1) is 21.8. The Labute approximate surface area is 195 Å². The van der Waals surface area contributed by atoms with Crippen molar-refractivity contribution in [3.63, 3.8) is 0 Å². The van der Waals surface area contributed by atoms with Gasteiger partial charge in [0.1, 0.15) is 11.6 Å². The van der Waals surface area contributed by atoms with Gasteiger partial charge in [0.15, 0.2) is 11.5 Å². The van der Waals surface area contributed by atoms with Crippen LogP contribution in [0.5, 0.6) is 0 Å². The van der Waals surface area contributed by atoms with E-state index in [4.69, 9.17) is 26.4 Å². The second-order valence-electron chi connectivity index (χ2n) is 8.31. The second-order valence-corrected chi connectivity index (χ2v) is 8.71. The fourth-order valence-corrected chi connectivity index (χ4v) is 4.18. The van der Waals surface area contributed by atoms with Crippen LogP contribution in [0.1, 0.15) is 28.2 Å². The number of rotatable bonds is 6. The van der Waals surface area contributed by atoms with Crippen LogP contribution in [-0.4, -0.2) is 56.0 Å². The van der Waals surface area contributed by atoms with Crippen LogP contribution >= 0.6 is 11.6 Å². The maximum Gasteiger partial charge on any atom is 0.161 e. The number of benzene rings is 1. The molecule has 33 heavy (non-hydrogen) atoms. The molecule has 0 aliphatic carbocycles. The summed E-state index contributed by atoms with van der Waals surface area (Å²) in [5.41, 5.74) is 5.32. The zero-order valence-electron chi connectivity index (χ0n) is 18.5. The molecule has 1 aliphatic rings. The average molecular weight is 470 g/mol. The normalized spacial score (nSPS) is 14.8. The smallest absolute Gasteiger partial charge is 0.161 e. The number of morpholine rings is 1. The number of nitrogens with one attached hydrogen (secondary N) is 2. The number of aryl methyl sites for hydroxylation is 2. The second kappa shape index (κ2) is 9.09. The van der Waals surface area contributed by atoms with Crippen LogP contribution in [0.15, 0.2) is 30.3 Å². The number of aromatic nitrogens is 5. The number of hydrogen-bond donors (Lipinski definition) is 2. The van der Waals surface area contributed by atoms with Crippen molar-refractivity contribution in [3.05, 3.63) is 69.4 Å². The first-order chi connectivity index (χ1) is 16.0. The minimum absolute atomic E-state index is 0.113. The Morgan fingerprint density at radius 1 is 1.15 bits per heavy atom. The van der Waals surface area contributed by atoms with Crippen LogP contribution in [0.2, 0.25) is 5.02 Å². The van der Waals surface area contributed by atoms with Gasteiger partial charge in [0.2, 0.25) is 0 Å². The first-order valence-electron chi connectivity index (χ1n) is 10.9. The number of fused-ring (bicyclic) bond motifs is 1. The topological polar surface area (TPSA) is 83.4 Å². The van der Waals surface area contributed by atoms with E-state index in [1.807, 2.05) is 36.6 Å². The number of anilines is 2. The molecule has 2 N–H and O–H groups in total. The van der Waals surface area contributed by atoms with Gasteiger partial charge in [-0.15, -0.1) is 0 Å². The van der Waals surface area contributed by atoms with Crippen molar-refractivity contribution in [2.75, 3.05) is 31.6 Å². The summed E-state index contributed by atoms with van der Waals surface area (Å²) in [7, 11) is 0.